The number of carbonyl (C=O) groups is 2. The standard InChI is InChI=1S/C29H29N3O4/c33-27(26-16-9-17-32(26)29(34)36-19-22-12-5-2-6-13-22)31-25-15-8-7-14-24(25)28-30-23(20-35-28)18-21-10-3-1-4-11-21/h1-8,10-15,23,26H,9,16-20H2,(H,31,33)/t23-,26-/m0/s1. The van der Waals surface area contributed by atoms with Gasteiger partial charge in [0.15, 0.2) is 0 Å². The summed E-state index contributed by atoms with van der Waals surface area (Å²) in [6.45, 7) is 1.16. The number of anilines is 1. The van der Waals surface area contributed by atoms with Gasteiger partial charge in [-0.1, -0.05) is 72.8 Å². The van der Waals surface area contributed by atoms with Gasteiger partial charge in [0.1, 0.15) is 19.3 Å². The van der Waals surface area contributed by atoms with Crippen molar-refractivity contribution >= 4 is 23.6 Å². The molecule has 3 aromatic carbocycles. The molecule has 0 spiro atoms. The third-order valence-corrected chi connectivity index (χ3v) is 6.44. The molecule has 2 aliphatic rings. The molecule has 7 nitrogen and oxygen atoms in total. The molecule has 2 heterocycles. The Balaban J connectivity index is 1.24. The van der Waals surface area contributed by atoms with Crippen LogP contribution in [0.4, 0.5) is 10.5 Å². The van der Waals surface area contributed by atoms with Crippen LogP contribution in [0.1, 0.15) is 29.5 Å². The molecule has 1 fully saturated rings. The number of nitrogens with zero attached hydrogens (tertiary/aromatic N) is 2. The summed E-state index contributed by atoms with van der Waals surface area (Å²) in [6, 6.07) is 26.6. The van der Waals surface area contributed by atoms with E-state index in [1.54, 1.807) is 0 Å². The van der Waals surface area contributed by atoms with E-state index in [1.807, 2.05) is 72.8 Å². The van der Waals surface area contributed by atoms with Crippen LogP contribution < -0.4 is 5.32 Å². The molecule has 184 valence electrons. The third kappa shape index (κ3) is 5.57. The van der Waals surface area contributed by atoms with E-state index in [4.69, 9.17) is 14.5 Å². The number of para-hydroxylation sites is 1. The van der Waals surface area contributed by atoms with Gasteiger partial charge in [-0.15, -0.1) is 0 Å². The molecule has 3 aromatic rings. The molecule has 5 rings (SSSR count). The Kier molecular flexibility index (Phi) is 7.26. The first-order chi connectivity index (χ1) is 17.7. The monoisotopic (exact) mass is 483 g/mol. The summed E-state index contributed by atoms with van der Waals surface area (Å²) < 4.78 is 11.4. The Labute approximate surface area is 210 Å². The number of nitrogens with one attached hydrogen (secondary N) is 1. The summed E-state index contributed by atoms with van der Waals surface area (Å²) in [5.74, 6) is 0.286. The predicted octanol–water partition coefficient (Wildman–Crippen LogP) is 4.81. The van der Waals surface area contributed by atoms with Crippen molar-refractivity contribution in [2.75, 3.05) is 18.5 Å². The van der Waals surface area contributed by atoms with Gasteiger partial charge in [0, 0.05) is 6.54 Å². The van der Waals surface area contributed by atoms with E-state index in [-0.39, 0.29) is 18.6 Å². The Bertz CT molecular complexity index is 1230. The summed E-state index contributed by atoms with van der Waals surface area (Å²) in [4.78, 5) is 32.3. The highest BCUT2D eigenvalue weighted by atomic mass is 16.6. The van der Waals surface area contributed by atoms with Crippen molar-refractivity contribution in [3.05, 3.63) is 102 Å². The fraction of sp³-hybridized carbons (Fsp3) is 0.276. The van der Waals surface area contributed by atoms with E-state index in [9.17, 15) is 9.59 Å². The fourth-order valence-electron chi connectivity index (χ4n) is 4.61. The maximum Gasteiger partial charge on any atom is 0.410 e. The smallest absolute Gasteiger partial charge is 0.410 e. The summed E-state index contributed by atoms with van der Waals surface area (Å²) in [6.07, 6.45) is 1.65. The number of carbonyl (C=O) groups excluding carboxylic acids is 2. The molecule has 0 unspecified atom stereocenters. The van der Waals surface area contributed by atoms with Gasteiger partial charge in [0.25, 0.3) is 0 Å². The molecular weight excluding hydrogens is 454 g/mol. The lowest BCUT2D eigenvalue weighted by molar-refractivity contribution is -0.120. The Morgan fingerprint density at radius 3 is 2.42 bits per heavy atom. The average Bonchev–Trinajstić information content (AvgIpc) is 3.59. The highest BCUT2D eigenvalue weighted by Crippen LogP contribution is 2.25. The van der Waals surface area contributed by atoms with Gasteiger partial charge >= 0.3 is 6.09 Å². The molecule has 0 saturated carbocycles. The number of aliphatic imine (C=N–C) groups is 1. The summed E-state index contributed by atoms with van der Waals surface area (Å²) in [5, 5.41) is 3.00. The van der Waals surface area contributed by atoms with Crippen LogP contribution in [-0.2, 0) is 27.3 Å². The second-order valence-corrected chi connectivity index (χ2v) is 9.02. The molecule has 36 heavy (non-hydrogen) atoms. The fourth-order valence-corrected chi connectivity index (χ4v) is 4.61. The average molecular weight is 484 g/mol. The van der Waals surface area contributed by atoms with Crippen LogP contribution in [0.5, 0.6) is 0 Å². The highest BCUT2D eigenvalue weighted by molar-refractivity contribution is 6.05. The van der Waals surface area contributed by atoms with Crippen molar-refractivity contribution < 1.29 is 19.1 Å². The predicted molar refractivity (Wildman–Crippen MR) is 138 cm³/mol. The van der Waals surface area contributed by atoms with Gasteiger partial charge in [-0.2, -0.15) is 0 Å². The molecule has 2 atom stereocenters. The zero-order chi connectivity index (χ0) is 24.7. The Morgan fingerprint density at radius 2 is 1.64 bits per heavy atom. The normalized spacial score (nSPS) is 18.9. The van der Waals surface area contributed by atoms with E-state index in [1.165, 1.54) is 10.5 Å². The lowest BCUT2D eigenvalue weighted by Crippen LogP contribution is -2.43. The van der Waals surface area contributed by atoms with E-state index < -0.39 is 12.1 Å². The van der Waals surface area contributed by atoms with Crippen molar-refractivity contribution in [2.45, 2.75) is 38.0 Å². The summed E-state index contributed by atoms with van der Waals surface area (Å²) in [7, 11) is 0. The van der Waals surface area contributed by atoms with E-state index >= 15 is 0 Å². The van der Waals surface area contributed by atoms with Crippen LogP contribution in [-0.4, -0.2) is 48.0 Å². The lowest BCUT2D eigenvalue weighted by atomic mass is 10.1. The van der Waals surface area contributed by atoms with Crippen LogP contribution in [0.3, 0.4) is 0 Å². The van der Waals surface area contributed by atoms with Crippen LogP contribution in [0, 0.1) is 0 Å². The molecule has 0 radical (unpaired) electrons. The second kappa shape index (κ2) is 11.1. The molecule has 0 bridgehead atoms. The second-order valence-electron chi connectivity index (χ2n) is 9.02. The van der Waals surface area contributed by atoms with Crippen LogP contribution >= 0.6 is 0 Å². The van der Waals surface area contributed by atoms with Crippen LogP contribution in [0.15, 0.2) is 89.9 Å². The first-order valence-electron chi connectivity index (χ1n) is 12.3. The number of ether oxygens (including phenoxy) is 2. The molecule has 1 saturated heterocycles. The zero-order valence-corrected chi connectivity index (χ0v) is 20.0. The van der Waals surface area contributed by atoms with Crippen molar-refractivity contribution in [2.24, 2.45) is 4.99 Å². The molecular formula is C29H29N3O4. The first kappa shape index (κ1) is 23.6. The zero-order valence-electron chi connectivity index (χ0n) is 20.0. The highest BCUT2D eigenvalue weighted by Gasteiger charge is 2.35. The first-order valence-corrected chi connectivity index (χ1v) is 12.3. The largest absolute Gasteiger partial charge is 0.475 e. The van der Waals surface area contributed by atoms with Gasteiger partial charge in [-0.05, 0) is 42.5 Å². The van der Waals surface area contributed by atoms with Crippen molar-refractivity contribution in [3.63, 3.8) is 0 Å². The van der Waals surface area contributed by atoms with E-state index in [0.29, 0.717) is 31.2 Å². The van der Waals surface area contributed by atoms with Crippen molar-refractivity contribution in [1.29, 1.82) is 0 Å². The number of likely N-dealkylation sites (tertiary alicyclic amines) is 1. The summed E-state index contributed by atoms with van der Waals surface area (Å²) >= 11 is 0. The van der Waals surface area contributed by atoms with Gasteiger partial charge in [0.05, 0.1) is 17.3 Å². The number of benzene rings is 3. The van der Waals surface area contributed by atoms with Crippen molar-refractivity contribution in [3.8, 4) is 0 Å². The SMILES string of the molecule is O=C(Nc1ccccc1C1=N[C@@H](Cc2ccccc2)CO1)[C@@H]1CCCN1C(=O)OCc1ccccc1. The molecule has 0 aliphatic carbocycles. The van der Waals surface area contributed by atoms with Gasteiger partial charge in [-0.3, -0.25) is 9.69 Å². The van der Waals surface area contributed by atoms with E-state index in [2.05, 4.69) is 17.4 Å². The molecule has 2 amide bonds. The molecule has 0 aromatic heterocycles. The minimum absolute atomic E-state index is 0.0240. The quantitative estimate of drug-likeness (QED) is 0.523. The van der Waals surface area contributed by atoms with Gasteiger partial charge < -0.3 is 14.8 Å². The number of hydrogen-bond donors (Lipinski definition) is 1. The topological polar surface area (TPSA) is 80.2 Å². The molecule has 7 heteroatoms. The maximum atomic E-state index is 13.2. The summed E-state index contributed by atoms with van der Waals surface area (Å²) in [5.41, 5.74) is 3.46. The third-order valence-electron chi connectivity index (χ3n) is 6.44. The van der Waals surface area contributed by atoms with Crippen molar-refractivity contribution in [1.82, 2.24) is 4.90 Å². The number of rotatable bonds is 7. The van der Waals surface area contributed by atoms with Crippen LogP contribution in [0.25, 0.3) is 0 Å². The lowest BCUT2D eigenvalue weighted by Gasteiger charge is -2.23. The molecule has 1 N–H and O–H groups in total. The number of hydrogen-bond acceptors (Lipinski definition) is 5. The minimum atomic E-state index is -0.585. The van der Waals surface area contributed by atoms with E-state index in [0.717, 1.165) is 24.0 Å². The number of amides is 2. The minimum Gasteiger partial charge on any atom is -0.475 e. The van der Waals surface area contributed by atoms with Crippen LogP contribution in [0.2, 0.25) is 0 Å². The van der Waals surface area contributed by atoms with Gasteiger partial charge in [-0.25, -0.2) is 9.79 Å². The maximum absolute atomic E-state index is 13.2. The molecule has 2 aliphatic heterocycles. The van der Waals surface area contributed by atoms with Gasteiger partial charge in [0.2, 0.25) is 11.8 Å². The Morgan fingerprint density at radius 1 is 0.944 bits per heavy atom. The Hall–Kier alpha value is -4.13.